The number of hydrogen-bond donors (Lipinski definition) is 0. The summed E-state index contributed by atoms with van der Waals surface area (Å²) in [5.41, 5.74) is 0. The van der Waals surface area contributed by atoms with Crippen molar-refractivity contribution < 1.29 is 13.5 Å². The molecule has 0 aromatic carbocycles. The van der Waals surface area contributed by atoms with Gasteiger partial charge in [0.05, 0.1) is 6.54 Å². The minimum atomic E-state index is -2.41. The number of ether oxygens (including phenoxy) is 1. The van der Waals surface area contributed by atoms with Gasteiger partial charge in [0.2, 0.25) is 0 Å². The molecule has 0 amide bonds. The fourth-order valence-electron chi connectivity index (χ4n) is 0.907. The van der Waals surface area contributed by atoms with E-state index in [-0.39, 0.29) is 13.0 Å². The molecule has 1 aliphatic heterocycles. The Morgan fingerprint density at radius 2 is 1.82 bits per heavy atom. The largest absolute Gasteiger partial charge is 0.388 e. The minimum Gasteiger partial charge on any atom is -0.388 e. The molecule has 0 aromatic heterocycles. The summed E-state index contributed by atoms with van der Waals surface area (Å²) in [5, 5.41) is 0. The molecule has 1 aliphatic rings. The van der Waals surface area contributed by atoms with Gasteiger partial charge in [0, 0.05) is 27.2 Å². The predicted molar refractivity (Wildman–Crippen MR) is 40.0 cm³/mol. The fraction of sp³-hybridized carbons (Fsp3) is 1.00. The highest BCUT2D eigenvalue weighted by Crippen LogP contribution is 2.24. The van der Waals surface area contributed by atoms with Gasteiger partial charge in [0.15, 0.2) is 0 Å². The lowest BCUT2D eigenvalue weighted by atomic mass is 10.3. The van der Waals surface area contributed by atoms with E-state index in [1.54, 1.807) is 26.2 Å². The van der Waals surface area contributed by atoms with Crippen LogP contribution in [0.25, 0.3) is 0 Å². The van der Waals surface area contributed by atoms with Crippen LogP contribution in [0.1, 0.15) is 6.42 Å². The molecule has 0 saturated carbocycles. The fourth-order valence-corrected chi connectivity index (χ4v) is 0.907. The normalized spacial score (nSPS) is 22.6. The molecular formula is C7H15F2NO. The van der Waals surface area contributed by atoms with E-state index in [1.807, 2.05) is 0 Å². The first-order valence-electron chi connectivity index (χ1n) is 3.48. The zero-order valence-electron chi connectivity index (χ0n) is 7.23. The maximum Gasteiger partial charge on any atom is 0.261 e. The number of methoxy groups -OCH3 is 1. The molecule has 0 unspecified atom stereocenters. The van der Waals surface area contributed by atoms with Crippen molar-refractivity contribution in [3.05, 3.63) is 0 Å². The zero-order chi connectivity index (χ0) is 8.91. The maximum atomic E-state index is 12.2. The first-order valence-corrected chi connectivity index (χ1v) is 3.48. The highest BCUT2D eigenvalue weighted by molar-refractivity contribution is 4.78. The van der Waals surface area contributed by atoms with Crippen molar-refractivity contribution in [2.24, 2.45) is 0 Å². The number of likely N-dealkylation sites (tertiary alicyclic amines) is 1. The van der Waals surface area contributed by atoms with Crippen LogP contribution in [0, 0.1) is 0 Å². The second-order valence-corrected chi connectivity index (χ2v) is 2.75. The molecule has 0 bridgehead atoms. The highest BCUT2D eigenvalue weighted by Gasteiger charge is 2.35. The van der Waals surface area contributed by atoms with Crippen LogP contribution in [0.5, 0.6) is 0 Å². The van der Waals surface area contributed by atoms with Crippen molar-refractivity contribution in [2.75, 3.05) is 34.4 Å². The number of alkyl halides is 2. The Morgan fingerprint density at radius 1 is 1.36 bits per heavy atom. The van der Waals surface area contributed by atoms with E-state index in [0.717, 1.165) is 0 Å². The molecule has 1 fully saturated rings. The maximum absolute atomic E-state index is 12.2. The molecule has 11 heavy (non-hydrogen) atoms. The Bertz CT molecular complexity index is 109. The van der Waals surface area contributed by atoms with Crippen LogP contribution in [0.3, 0.4) is 0 Å². The van der Waals surface area contributed by atoms with Crippen molar-refractivity contribution >= 4 is 0 Å². The molecule has 0 atom stereocenters. The van der Waals surface area contributed by atoms with Gasteiger partial charge in [-0.3, -0.25) is 0 Å². The van der Waals surface area contributed by atoms with Crippen LogP contribution >= 0.6 is 0 Å². The molecule has 0 aromatic rings. The van der Waals surface area contributed by atoms with Gasteiger partial charge in [-0.05, 0) is 7.05 Å². The van der Waals surface area contributed by atoms with E-state index in [0.29, 0.717) is 6.54 Å². The molecule has 0 N–H and O–H groups in total. The second kappa shape index (κ2) is 4.62. The Balaban J connectivity index is 0.000000292. The van der Waals surface area contributed by atoms with E-state index in [1.165, 1.54) is 0 Å². The third kappa shape index (κ3) is 5.09. The monoisotopic (exact) mass is 167 g/mol. The molecule has 0 spiro atoms. The quantitative estimate of drug-likeness (QED) is 0.538. The van der Waals surface area contributed by atoms with Crippen molar-refractivity contribution in [1.29, 1.82) is 0 Å². The lowest BCUT2D eigenvalue weighted by Gasteiger charge is -2.06. The van der Waals surface area contributed by atoms with Crippen LogP contribution in [-0.2, 0) is 4.74 Å². The van der Waals surface area contributed by atoms with Crippen molar-refractivity contribution in [2.45, 2.75) is 12.3 Å². The summed E-state index contributed by atoms with van der Waals surface area (Å²) >= 11 is 0. The summed E-state index contributed by atoms with van der Waals surface area (Å²) in [5.74, 6) is -2.41. The first kappa shape index (κ1) is 10.8. The molecule has 0 aliphatic carbocycles. The lowest BCUT2D eigenvalue weighted by molar-refractivity contribution is 0.0146. The summed E-state index contributed by atoms with van der Waals surface area (Å²) in [4.78, 5) is 1.64. The van der Waals surface area contributed by atoms with E-state index in [9.17, 15) is 8.78 Å². The predicted octanol–water partition coefficient (Wildman–Crippen LogP) is 1.22. The average molecular weight is 167 g/mol. The van der Waals surface area contributed by atoms with Gasteiger partial charge in [-0.1, -0.05) is 0 Å². The third-order valence-corrected chi connectivity index (χ3v) is 1.36. The second-order valence-electron chi connectivity index (χ2n) is 2.75. The Hall–Kier alpha value is -0.220. The third-order valence-electron chi connectivity index (χ3n) is 1.36. The molecule has 4 heteroatoms. The molecular weight excluding hydrogens is 152 g/mol. The number of halogens is 2. The molecule has 1 rings (SSSR count). The van der Waals surface area contributed by atoms with Gasteiger partial charge in [0.1, 0.15) is 0 Å². The summed E-state index contributed by atoms with van der Waals surface area (Å²) in [6, 6.07) is 0. The van der Waals surface area contributed by atoms with Crippen LogP contribution in [0.4, 0.5) is 8.78 Å². The van der Waals surface area contributed by atoms with Crippen LogP contribution in [0.15, 0.2) is 0 Å². The number of rotatable bonds is 0. The smallest absolute Gasteiger partial charge is 0.261 e. The number of hydrogen-bond acceptors (Lipinski definition) is 2. The molecule has 68 valence electrons. The Labute approximate surface area is 66.1 Å². The SMILES string of the molecule is CN1CCC(F)(F)C1.COC. The number of nitrogens with zero attached hydrogens (tertiary/aromatic N) is 1. The van der Waals surface area contributed by atoms with Crippen LogP contribution < -0.4 is 0 Å². The van der Waals surface area contributed by atoms with E-state index >= 15 is 0 Å². The molecule has 0 radical (unpaired) electrons. The van der Waals surface area contributed by atoms with Crippen molar-refractivity contribution in [1.82, 2.24) is 4.90 Å². The van der Waals surface area contributed by atoms with E-state index in [2.05, 4.69) is 4.74 Å². The molecule has 1 saturated heterocycles. The topological polar surface area (TPSA) is 12.5 Å². The average Bonchev–Trinajstić information content (AvgIpc) is 2.11. The van der Waals surface area contributed by atoms with Crippen molar-refractivity contribution in [3.8, 4) is 0 Å². The first-order chi connectivity index (χ1) is 5.02. The summed E-state index contributed by atoms with van der Waals surface area (Å²) < 4.78 is 28.6. The van der Waals surface area contributed by atoms with Crippen LogP contribution in [-0.4, -0.2) is 45.2 Å². The molecule has 2 nitrogen and oxygen atoms in total. The van der Waals surface area contributed by atoms with E-state index in [4.69, 9.17) is 0 Å². The summed E-state index contributed by atoms with van der Waals surface area (Å²) in [7, 11) is 4.96. The summed E-state index contributed by atoms with van der Waals surface area (Å²) in [6.45, 7) is 0.472. The lowest BCUT2D eigenvalue weighted by Crippen LogP contribution is -2.21. The van der Waals surface area contributed by atoms with Gasteiger partial charge in [-0.2, -0.15) is 0 Å². The van der Waals surface area contributed by atoms with E-state index < -0.39 is 5.92 Å². The van der Waals surface area contributed by atoms with Gasteiger partial charge in [0.25, 0.3) is 5.92 Å². The molecule has 1 heterocycles. The minimum absolute atomic E-state index is 0.0312. The van der Waals surface area contributed by atoms with Gasteiger partial charge in [-0.25, -0.2) is 8.78 Å². The Morgan fingerprint density at radius 3 is 1.91 bits per heavy atom. The highest BCUT2D eigenvalue weighted by atomic mass is 19.3. The Kier molecular flexibility index (Phi) is 4.52. The van der Waals surface area contributed by atoms with Gasteiger partial charge < -0.3 is 9.64 Å². The zero-order valence-corrected chi connectivity index (χ0v) is 7.23. The van der Waals surface area contributed by atoms with Gasteiger partial charge in [-0.15, -0.1) is 0 Å². The standard InChI is InChI=1S/C5H9F2N.C2H6O/c1-8-3-2-5(6,7)4-8;1-3-2/h2-4H2,1H3;1-2H3. The van der Waals surface area contributed by atoms with Crippen LogP contribution in [0.2, 0.25) is 0 Å². The van der Waals surface area contributed by atoms with Crippen molar-refractivity contribution in [3.63, 3.8) is 0 Å². The van der Waals surface area contributed by atoms with Gasteiger partial charge >= 0.3 is 0 Å². The summed E-state index contributed by atoms with van der Waals surface area (Å²) in [6.07, 6.45) is 0.0312.